The summed E-state index contributed by atoms with van der Waals surface area (Å²) in [6, 6.07) is 12.5. The van der Waals surface area contributed by atoms with Gasteiger partial charge in [0.05, 0.1) is 11.3 Å². The van der Waals surface area contributed by atoms with Crippen LogP contribution in [0.25, 0.3) is 0 Å². The molecule has 1 aliphatic heterocycles. The fraction of sp³-hybridized carbons (Fsp3) is 0.353. The molecule has 0 bridgehead atoms. The number of amides is 1. The highest BCUT2D eigenvalue weighted by molar-refractivity contribution is 8.01. The number of nitrogens with zero attached hydrogens (tertiary/aromatic N) is 1. The molecule has 4 heteroatoms. The van der Waals surface area contributed by atoms with Crippen LogP contribution in [0.15, 0.2) is 46.7 Å². The van der Waals surface area contributed by atoms with Crippen molar-refractivity contribution in [2.45, 2.75) is 35.4 Å². The number of hydrogen-bond donors (Lipinski definition) is 0. The van der Waals surface area contributed by atoms with E-state index in [2.05, 4.69) is 28.5 Å². The monoisotopic (exact) mass is 315 g/mol. The number of carbonyl (C=O) groups excluding carboxylic acids is 1. The molecule has 2 nitrogen and oxygen atoms in total. The molecule has 1 saturated carbocycles. The maximum Gasteiger partial charge on any atom is 0.239 e. The van der Waals surface area contributed by atoms with Gasteiger partial charge in [-0.1, -0.05) is 18.2 Å². The molecule has 2 heterocycles. The summed E-state index contributed by atoms with van der Waals surface area (Å²) in [5.74, 6) is 0.343. The van der Waals surface area contributed by atoms with Crippen LogP contribution in [-0.2, 0) is 17.8 Å². The van der Waals surface area contributed by atoms with Crippen molar-refractivity contribution in [3.05, 3.63) is 52.2 Å². The Labute approximate surface area is 133 Å². The SMILES string of the molecule is O=C(N1CCc2ccsc2C1)C1(Sc2ccccc2)CC1. The molecule has 1 aliphatic carbocycles. The van der Waals surface area contributed by atoms with Gasteiger partial charge in [-0.2, -0.15) is 0 Å². The molecule has 0 N–H and O–H groups in total. The summed E-state index contributed by atoms with van der Waals surface area (Å²) >= 11 is 3.54. The Morgan fingerprint density at radius 2 is 2.00 bits per heavy atom. The highest BCUT2D eigenvalue weighted by Gasteiger charge is 2.53. The van der Waals surface area contributed by atoms with Gasteiger partial charge in [0, 0.05) is 16.3 Å². The summed E-state index contributed by atoms with van der Waals surface area (Å²) in [4.78, 5) is 17.6. The zero-order valence-corrected chi connectivity index (χ0v) is 13.4. The van der Waals surface area contributed by atoms with E-state index < -0.39 is 0 Å². The quantitative estimate of drug-likeness (QED) is 0.854. The van der Waals surface area contributed by atoms with Crippen LogP contribution in [0.1, 0.15) is 23.3 Å². The molecule has 21 heavy (non-hydrogen) atoms. The standard InChI is InChI=1S/C17H17NOS2/c19-16(18-10-6-13-7-11-20-15(13)12-18)17(8-9-17)21-14-4-2-1-3-5-14/h1-5,7,11H,6,8-10,12H2. The van der Waals surface area contributed by atoms with Gasteiger partial charge in [0.25, 0.3) is 0 Å². The summed E-state index contributed by atoms with van der Waals surface area (Å²) < 4.78 is -0.184. The first-order chi connectivity index (χ1) is 10.3. The lowest BCUT2D eigenvalue weighted by Crippen LogP contribution is -2.41. The van der Waals surface area contributed by atoms with Crippen molar-refractivity contribution in [1.29, 1.82) is 0 Å². The average Bonchev–Trinajstić information content (AvgIpc) is 3.14. The third-order valence-corrected chi connectivity index (χ3v) is 6.69. The Morgan fingerprint density at radius 3 is 2.76 bits per heavy atom. The largest absolute Gasteiger partial charge is 0.336 e. The minimum Gasteiger partial charge on any atom is -0.336 e. The second kappa shape index (κ2) is 5.18. The van der Waals surface area contributed by atoms with Crippen LogP contribution in [0.2, 0.25) is 0 Å². The zero-order valence-electron chi connectivity index (χ0n) is 11.7. The lowest BCUT2D eigenvalue weighted by molar-refractivity contribution is -0.132. The lowest BCUT2D eigenvalue weighted by Gasteiger charge is -2.30. The van der Waals surface area contributed by atoms with Crippen LogP contribution < -0.4 is 0 Å². The van der Waals surface area contributed by atoms with Crippen molar-refractivity contribution in [2.24, 2.45) is 0 Å². The third kappa shape index (κ3) is 2.51. The van der Waals surface area contributed by atoms with Gasteiger partial charge in [-0.25, -0.2) is 0 Å². The van der Waals surface area contributed by atoms with Crippen molar-refractivity contribution in [1.82, 2.24) is 4.90 Å². The van der Waals surface area contributed by atoms with Gasteiger partial charge < -0.3 is 4.90 Å². The predicted molar refractivity (Wildman–Crippen MR) is 87.7 cm³/mol. The lowest BCUT2D eigenvalue weighted by atomic mass is 10.1. The van der Waals surface area contributed by atoms with Crippen LogP contribution in [0, 0.1) is 0 Å². The van der Waals surface area contributed by atoms with Crippen LogP contribution >= 0.6 is 23.1 Å². The first-order valence-electron chi connectivity index (χ1n) is 7.36. The van der Waals surface area contributed by atoms with Crippen LogP contribution in [0.3, 0.4) is 0 Å². The van der Waals surface area contributed by atoms with E-state index in [0.29, 0.717) is 5.91 Å². The van der Waals surface area contributed by atoms with E-state index in [1.807, 2.05) is 18.2 Å². The molecule has 0 saturated heterocycles. The maximum atomic E-state index is 12.9. The topological polar surface area (TPSA) is 20.3 Å². The van der Waals surface area contributed by atoms with Gasteiger partial charge >= 0.3 is 0 Å². The Morgan fingerprint density at radius 1 is 1.19 bits per heavy atom. The first kappa shape index (κ1) is 13.4. The van der Waals surface area contributed by atoms with Crippen molar-refractivity contribution in [3.8, 4) is 0 Å². The first-order valence-corrected chi connectivity index (χ1v) is 9.05. The fourth-order valence-corrected chi connectivity index (χ4v) is 5.10. The number of rotatable bonds is 3. The molecule has 4 rings (SSSR count). The van der Waals surface area contributed by atoms with Crippen molar-refractivity contribution >= 4 is 29.0 Å². The smallest absolute Gasteiger partial charge is 0.239 e. The summed E-state index contributed by atoms with van der Waals surface area (Å²) in [6.45, 7) is 1.68. The molecule has 0 atom stereocenters. The second-order valence-corrected chi connectivity index (χ2v) is 8.21. The van der Waals surface area contributed by atoms with E-state index in [1.54, 1.807) is 23.1 Å². The summed E-state index contributed by atoms with van der Waals surface area (Å²) in [7, 11) is 0. The van der Waals surface area contributed by atoms with E-state index in [4.69, 9.17) is 0 Å². The highest BCUT2D eigenvalue weighted by Crippen LogP contribution is 2.53. The van der Waals surface area contributed by atoms with E-state index in [0.717, 1.165) is 32.4 Å². The van der Waals surface area contributed by atoms with E-state index in [1.165, 1.54) is 15.3 Å². The zero-order chi connectivity index (χ0) is 14.3. The number of carbonyl (C=O) groups is 1. The number of thiophene rings is 1. The van der Waals surface area contributed by atoms with Gasteiger partial charge in [-0.3, -0.25) is 4.79 Å². The molecule has 0 spiro atoms. The van der Waals surface area contributed by atoms with Crippen LogP contribution in [0.5, 0.6) is 0 Å². The fourth-order valence-electron chi connectivity index (χ4n) is 2.89. The average molecular weight is 315 g/mol. The van der Waals surface area contributed by atoms with Crippen molar-refractivity contribution in [3.63, 3.8) is 0 Å². The Bertz CT molecular complexity index is 660. The summed E-state index contributed by atoms with van der Waals surface area (Å²) in [6.07, 6.45) is 3.04. The molecule has 1 aromatic carbocycles. The Balaban J connectivity index is 1.50. The van der Waals surface area contributed by atoms with Crippen molar-refractivity contribution < 1.29 is 4.79 Å². The van der Waals surface area contributed by atoms with Crippen molar-refractivity contribution in [2.75, 3.05) is 6.54 Å². The summed E-state index contributed by atoms with van der Waals surface area (Å²) in [5.41, 5.74) is 1.43. The number of benzene rings is 1. The van der Waals surface area contributed by atoms with Gasteiger partial charge in [0.15, 0.2) is 0 Å². The van der Waals surface area contributed by atoms with Crippen LogP contribution in [0.4, 0.5) is 0 Å². The maximum absolute atomic E-state index is 12.9. The molecule has 2 aromatic rings. The minimum absolute atomic E-state index is 0.184. The van der Waals surface area contributed by atoms with E-state index >= 15 is 0 Å². The highest BCUT2D eigenvalue weighted by atomic mass is 32.2. The number of thioether (sulfide) groups is 1. The van der Waals surface area contributed by atoms with Gasteiger partial charge in [0.1, 0.15) is 0 Å². The van der Waals surface area contributed by atoms with E-state index in [-0.39, 0.29) is 4.75 Å². The number of hydrogen-bond acceptors (Lipinski definition) is 3. The number of fused-ring (bicyclic) bond motifs is 1. The van der Waals surface area contributed by atoms with Gasteiger partial charge in [-0.15, -0.1) is 23.1 Å². The van der Waals surface area contributed by atoms with Crippen LogP contribution in [-0.4, -0.2) is 22.1 Å². The molecular weight excluding hydrogens is 298 g/mol. The molecule has 0 unspecified atom stereocenters. The second-order valence-electron chi connectivity index (χ2n) is 5.76. The predicted octanol–water partition coefficient (Wildman–Crippen LogP) is 3.96. The molecule has 2 aliphatic rings. The van der Waals surface area contributed by atoms with Gasteiger partial charge in [-0.05, 0) is 48.4 Å². The molecule has 1 amide bonds. The summed E-state index contributed by atoms with van der Waals surface area (Å²) in [5, 5.41) is 2.14. The molecule has 1 aromatic heterocycles. The van der Waals surface area contributed by atoms with Gasteiger partial charge in [0.2, 0.25) is 5.91 Å². The molecule has 108 valence electrons. The Kier molecular flexibility index (Phi) is 3.31. The Hall–Kier alpha value is -1.26. The normalized spacial score (nSPS) is 19.1. The molecule has 1 fully saturated rings. The third-order valence-electron chi connectivity index (χ3n) is 4.26. The minimum atomic E-state index is -0.184. The molecule has 0 radical (unpaired) electrons. The van der Waals surface area contributed by atoms with E-state index in [9.17, 15) is 4.79 Å². The molecular formula is C17H17NOS2.